The Hall–Kier alpha value is -2.33. The number of aromatic nitrogens is 2. The lowest BCUT2D eigenvalue weighted by molar-refractivity contribution is -0.137. The molecule has 0 radical (unpaired) electrons. The predicted octanol–water partition coefficient (Wildman–Crippen LogP) is 5.58. The monoisotopic (exact) mass is 488 g/mol. The summed E-state index contributed by atoms with van der Waals surface area (Å²) in [7, 11) is 0. The Morgan fingerprint density at radius 3 is 2.44 bits per heavy atom. The molecule has 1 aliphatic carbocycles. The number of hydrogen-bond donors (Lipinski definition) is 1. The van der Waals surface area contributed by atoms with Crippen LogP contribution in [0.5, 0.6) is 0 Å². The average molecular weight is 489 g/mol. The maximum absolute atomic E-state index is 14.8. The van der Waals surface area contributed by atoms with Crippen LogP contribution < -0.4 is 11.2 Å². The number of benzene rings is 2. The summed E-state index contributed by atoms with van der Waals surface area (Å²) in [6, 6.07) is 1.85. The van der Waals surface area contributed by atoms with Gasteiger partial charge in [-0.1, -0.05) is 18.0 Å². The molecule has 2 aliphatic rings. The molecule has 1 fully saturated rings. The molecule has 1 saturated carbocycles. The lowest BCUT2D eigenvalue weighted by atomic mass is 9.70. The van der Waals surface area contributed by atoms with E-state index in [0.29, 0.717) is 17.9 Å². The molecule has 5 rings (SSSR count). The van der Waals surface area contributed by atoms with Gasteiger partial charge in [0.25, 0.3) is 5.56 Å². The van der Waals surface area contributed by atoms with Crippen LogP contribution in [-0.4, -0.2) is 15.3 Å². The normalized spacial score (nSPS) is 17.4. The van der Waals surface area contributed by atoms with Crippen LogP contribution in [-0.2, 0) is 12.7 Å². The van der Waals surface area contributed by atoms with Crippen molar-refractivity contribution in [1.29, 1.82) is 0 Å². The molecule has 2 aromatic carbocycles. The minimum absolute atomic E-state index is 0.0235. The molecule has 0 atom stereocenters. The minimum Gasteiger partial charge on any atom is -0.292 e. The molecular formula is C21H14ClF5N2O2S. The summed E-state index contributed by atoms with van der Waals surface area (Å²) in [5, 5.41) is -0.854. The van der Waals surface area contributed by atoms with Crippen molar-refractivity contribution in [3.8, 4) is 11.1 Å². The molecule has 0 bridgehead atoms. The van der Waals surface area contributed by atoms with Crippen molar-refractivity contribution >= 4 is 34.3 Å². The summed E-state index contributed by atoms with van der Waals surface area (Å²) in [5.74, 6) is -1.94. The fourth-order valence-corrected chi connectivity index (χ4v) is 6.22. The number of nitrogens with zero attached hydrogens (tertiary/aromatic N) is 1. The lowest BCUT2D eigenvalue weighted by Gasteiger charge is -2.41. The van der Waals surface area contributed by atoms with E-state index in [4.69, 9.17) is 11.6 Å². The second-order valence-corrected chi connectivity index (χ2v) is 9.65. The Morgan fingerprint density at radius 2 is 1.81 bits per heavy atom. The summed E-state index contributed by atoms with van der Waals surface area (Å²) in [4.78, 5) is 27.2. The van der Waals surface area contributed by atoms with Crippen molar-refractivity contribution in [1.82, 2.24) is 9.55 Å². The van der Waals surface area contributed by atoms with E-state index in [1.165, 1.54) is 4.57 Å². The highest BCUT2D eigenvalue weighted by atomic mass is 35.5. The summed E-state index contributed by atoms with van der Waals surface area (Å²) in [6.07, 6.45) is -2.48. The van der Waals surface area contributed by atoms with E-state index in [9.17, 15) is 31.5 Å². The quantitative estimate of drug-likeness (QED) is 0.359. The Balaban J connectivity index is 1.96. The third kappa shape index (κ3) is 3.18. The molecule has 2 heterocycles. The molecule has 0 unspecified atom stereocenters. The van der Waals surface area contributed by atoms with Gasteiger partial charge in [0.2, 0.25) is 0 Å². The zero-order valence-corrected chi connectivity index (χ0v) is 17.8. The molecule has 0 saturated heterocycles. The van der Waals surface area contributed by atoms with Crippen LogP contribution >= 0.6 is 23.4 Å². The highest BCUT2D eigenvalue weighted by Gasteiger charge is 2.43. The summed E-state index contributed by atoms with van der Waals surface area (Å²) in [5.41, 5.74) is -4.33. The topological polar surface area (TPSA) is 54.9 Å². The van der Waals surface area contributed by atoms with Crippen LogP contribution in [0.4, 0.5) is 22.0 Å². The van der Waals surface area contributed by atoms with Gasteiger partial charge in [-0.2, -0.15) is 13.2 Å². The summed E-state index contributed by atoms with van der Waals surface area (Å²) in [6.45, 7) is 0.233. The van der Waals surface area contributed by atoms with Gasteiger partial charge in [-0.25, -0.2) is 13.6 Å². The smallest absolute Gasteiger partial charge is 0.292 e. The van der Waals surface area contributed by atoms with Crippen LogP contribution in [0.15, 0.2) is 32.7 Å². The van der Waals surface area contributed by atoms with Crippen molar-refractivity contribution < 1.29 is 22.0 Å². The second-order valence-electron chi connectivity index (χ2n) is 8.26. The van der Waals surface area contributed by atoms with Gasteiger partial charge in [-0.05, 0) is 30.4 Å². The van der Waals surface area contributed by atoms with Crippen LogP contribution in [0.25, 0.3) is 22.0 Å². The molecule has 32 heavy (non-hydrogen) atoms. The number of halogens is 6. The number of rotatable bonds is 1. The van der Waals surface area contributed by atoms with Gasteiger partial charge in [0.1, 0.15) is 11.6 Å². The van der Waals surface area contributed by atoms with Gasteiger partial charge >= 0.3 is 11.9 Å². The number of thioether (sulfide) groups is 1. The molecular weight excluding hydrogens is 475 g/mol. The fourth-order valence-electron chi connectivity index (χ4n) is 4.50. The highest BCUT2D eigenvalue weighted by Crippen LogP contribution is 2.53. The van der Waals surface area contributed by atoms with E-state index in [1.54, 1.807) is 0 Å². The number of nitrogens with one attached hydrogen (secondary N) is 1. The highest BCUT2D eigenvalue weighted by molar-refractivity contribution is 7.99. The first-order valence-electron chi connectivity index (χ1n) is 9.69. The van der Waals surface area contributed by atoms with Crippen LogP contribution in [0.2, 0.25) is 5.02 Å². The van der Waals surface area contributed by atoms with Gasteiger partial charge in [0.05, 0.1) is 21.5 Å². The first-order chi connectivity index (χ1) is 15.0. The number of hydrogen-bond acceptors (Lipinski definition) is 3. The van der Waals surface area contributed by atoms with Crippen LogP contribution in [0.1, 0.15) is 24.8 Å². The van der Waals surface area contributed by atoms with Crippen molar-refractivity contribution in [2.75, 3.05) is 5.75 Å². The van der Waals surface area contributed by atoms with Crippen molar-refractivity contribution in [2.45, 2.75) is 36.9 Å². The molecule has 3 aromatic rings. The van der Waals surface area contributed by atoms with Crippen LogP contribution in [0, 0.1) is 17.0 Å². The van der Waals surface area contributed by atoms with Gasteiger partial charge in [-0.15, -0.1) is 11.8 Å². The van der Waals surface area contributed by atoms with Crippen molar-refractivity contribution in [2.24, 2.45) is 5.41 Å². The number of alkyl halides is 3. The van der Waals surface area contributed by atoms with E-state index in [2.05, 4.69) is 4.98 Å². The predicted molar refractivity (Wildman–Crippen MR) is 111 cm³/mol. The van der Waals surface area contributed by atoms with Gasteiger partial charge in [-0.3, -0.25) is 14.3 Å². The zero-order chi connectivity index (χ0) is 23.0. The molecule has 1 N–H and O–H groups in total. The van der Waals surface area contributed by atoms with E-state index in [1.807, 2.05) is 0 Å². The average Bonchev–Trinajstić information content (AvgIpc) is 2.86. The first kappa shape index (κ1) is 21.5. The fraction of sp³-hybridized carbons (Fsp3) is 0.333. The molecule has 11 heteroatoms. The Labute approximate surface area is 186 Å². The Morgan fingerprint density at radius 1 is 1.09 bits per heavy atom. The first-order valence-corrected chi connectivity index (χ1v) is 11.1. The van der Waals surface area contributed by atoms with Crippen LogP contribution in [0.3, 0.4) is 0 Å². The standard InChI is InChI=1S/C21H14ClF5N2O2S/c22-12-5-9(13(23)6-14(12)24)15-11(21(25,26)27)4-10-16-17(15)32-8-20(2-1-3-20)7-29(16)19(31)28-18(10)30/h4-6H,1-3,7-8H2,(H,28,30,31). The summed E-state index contributed by atoms with van der Waals surface area (Å²) >= 11 is 6.84. The van der Waals surface area contributed by atoms with Crippen molar-refractivity contribution in [3.05, 3.63) is 61.3 Å². The Kier molecular flexibility index (Phi) is 4.76. The largest absolute Gasteiger partial charge is 0.417 e. The third-order valence-corrected chi connectivity index (χ3v) is 7.98. The molecule has 1 aliphatic heterocycles. The summed E-state index contributed by atoms with van der Waals surface area (Å²) < 4.78 is 72.2. The molecule has 168 valence electrons. The number of aromatic amines is 1. The maximum atomic E-state index is 14.8. The molecule has 1 aromatic heterocycles. The van der Waals surface area contributed by atoms with E-state index in [0.717, 1.165) is 37.1 Å². The minimum atomic E-state index is -4.96. The van der Waals surface area contributed by atoms with Gasteiger partial charge in [0.15, 0.2) is 0 Å². The zero-order valence-electron chi connectivity index (χ0n) is 16.2. The molecule has 4 nitrogen and oxygen atoms in total. The maximum Gasteiger partial charge on any atom is 0.417 e. The third-order valence-electron chi connectivity index (χ3n) is 6.25. The molecule has 1 spiro atoms. The molecule has 0 amide bonds. The van der Waals surface area contributed by atoms with Gasteiger partial charge < -0.3 is 0 Å². The lowest BCUT2D eigenvalue weighted by Crippen LogP contribution is -2.40. The van der Waals surface area contributed by atoms with E-state index in [-0.39, 0.29) is 27.8 Å². The van der Waals surface area contributed by atoms with Crippen molar-refractivity contribution in [3.63, 3.8) is 0 Å². The van der Waals surface area contributed by atoms with E-state index >= 15 is 0 Å². The SMILES string of the molecule is O=c1[nH]c(=O)n2c3c(c(-c4cc(Cl)c(F)cc4F)c(C(F)(F)F)cc13)SCC1(CCC1)C2. The second kappa shape index (κ2) is 7.08. The Bertz CT molecular complexity index is 1410. The van der Waals surface area contributed by atoms with Gasteiger partial charge in [0, 0.05) is 34.4 Å². The van der Waals surface area contributed by atoms with E-state index < -0.39 is 50.8 Å². The number of H-pyrrole nitrogens is 1.